The van der Waals surface area contributed by atoms with Gasteiger partial charge in [0.1, 0.15) is 12.1 Å². The number of carbonyl (C=O) groups excluding carboxylic acids is 3. The SMILES string of the molecule is CCC[C@]1(c2ccccc2)NC(=O)N(CC(=O)N(C)Cc2ccc(N(C)C)cc2)C1=O. The van der Waals surface area contributed by atoms with Crippen molar-refractivity contribution in [1.82, 2.24) is 15.1 Å². The minimum absolute atomic E-state index is 0.282. The van der Waals surface area contributed by atoms with Gasteiger partial charge in [0, 0.05) is 33.4 Å². The van der Waals surface area contributed by atoms with Crippen molar-refractivity contribution in [1.29, 1.82) is 0 Å². The predicted octanol–water partition coefficient (Wildman–Crippen LogP) is 2.96. The van der Waals surface area contributed by atoms with Gasteiger partial charge in [-0.25, -0.2) is 4.79 Å². The average molecular weight is 423 g/mol. The predicted molar refractivity (Wildman–Crippen MR) is 121 cm³/mol. The summed E-state index contributed by atoms with van der Waals surface area (Å²) in [6.45, 7) is 2.08. The Bertz CT molecular complexity index is 943. The topological polar surface area (TPSA) is 73.0 Å². The molecular formula is C24H30N4O3. The third-order valence-electron chi connectivity index (χ3n) is 5.66. The monoisotopic (exact) mass is 422 g/mol. The third-order valence-corrected chi connectivity index (χ3v) is 5.66. The van der Waals surface area contributed by atoms with Crippen LogP contribution in [0.1, 0.15) is 30.9 Å². The summed E-state index contributed by atoms with van der Waals surface area (Å²) in [5.41, 5.74) is 1.67. The molecule has 4 amide bonds. The Balaban J connectivity index is 1.72. The molecule has 164 valence electrons. The molecule has 0 saturated carbocycles. The highest BCUT2D eigenvalue weighted by Gasteiger charge is 2.52. The van der Waals surface area contributed by atoms with Crippen molar-refractivity contribution in [3.05, 3.63) is 65.7 Å². The molecule has 0 spiro atoms. The fourth-order valence-electron chi connectivity index (χ4n) is 3.89. The first kappa shape index (κ1) is 22.3. The van der Waals surface area contributed by atoms with E-state index in [0.717, 1.165) is 21.7 Å². The minimum atomic E-state index is -1.12. The lowest BCUT2D eigenvalue weighted by Crippen LogP contribution is -2.45. The van der Waals surface area contributed by atoms with Gasteiger partial charge in [0.25, 0.3) is 5.91 Å². The van der Waals surface area contributed by atoms with Gasteiger partial charge in [-0.1, -0.05) is 55.8 Å². The summed E-state index contributed by atoms with van der Waals surface area (Å²) in [7, 11) is 5.62. The Labute approximate surface area is 183 Å². The normalized spacial score (nSPS) is 18.1. The van der Waals surface area contributed by atoms with Gasteiger partial charge in [0.15, 0.2) is 0 Å². The third kappa shape index (κ3) is 4.55. The number of hydrogen-bond acceptors (Lipinski definition) is 4. The number of nitrogens with one attached hydrogen (secondary N) is 1. The van der Waals surface area contributed by atoms with Gasteiger partial charge in [-0.2, -0.15) is 0 Å². The zero-order valence-electron chi connectivity index (χ0n) is 18.6. The Hall–Kier alpha value is -3.35. The van der Waals surface area contributed by atoms with E-state index < -0.39 is 11.6 Å². The molecule has 0 aliphatic carbocycles. The van der Waals surface area contributed by atoms with Crippen LogP contribution in [0.5, 0.6) is 0 Å². The summed E-state index contributed by atoms with van der Waals surface area (Å²) in [5.74, 6) is -0.664. The number of imide groups is 1. The highest BCUT2D eigenvalue weighted by molar-refractivity contribution is 6.09. The molecule has 0 aromatic heterocycles. The number of rotatable bonds is 8. The summed E-state index contributed by atoms with van der Waals surface area (Å²) in [6, 6.07) is 16.6. The molecular weight excluding hydrogens is 392 g/mol. The first-order valence-electron chi connectivity index (χ1n) is 10.5. The zero-order valence-corrected chi connectivity index (χ0v) is 18.6. The summed E-state index contributed by atoms with van der Waals surface area (Å²) < 4.78 is 0. The van der Waals surface area contributed by atoms with Crippen molar-refractivity contribution < 1.29 is 14.4 Å². The molecule has 2 aromatic carbocycles. The molecule has 1 heterocycles. The van der Waals surface area contributed by atoms with Gasteiger partial charge >= 0.3 is 6.03 Å². The molecule has 0 bridgehead atoms. The number of anilines is 1. The number of carbonyl (C=O) groups is 3. The standard InChI is InChI=1S/C24H30N4O3/c1-5-15-24(19-9-7-6-8-10-19)22(30)28(23(31)25-24)17-21(29)27(4)16-18-11-13-20(14-12-18)26(2)3/h6-14H,5,15-17H2,1-4H3,(H,25,31)/t24-/m1/s1. The van der Waals surface area contributed by atoms with Crippen molar-refractivity contribution >= 4 is 23.5 Å². The maximum atomic E-state index is 13.3. The van der Waals surface area contributed by atoms with E-state index in [9.17, 15) is 14.4 Å². The molecule has 1 N–H and O–H groups in total. The van der Waals surface area contributed by atoms with Gasteiger partial charge in [-0.3, -0.25) is 14.5 Å². The molecule has 2 aromatic rings. The van der Waals surface area contributed by atoms with Gasteiger partial charge in [-0.05, 0) is 29.7 Å². The van der Waals surface area contributed by atoms with Gasteiger partial charge in [0.05, 0.1) is 0 Å². The van der Waals surface area contributed by atoms with E-state index in [1.807, 2.05) is 80.5 Å². The van der Waals surface area contributed by atoms with Crippen molar-refractivity contribution in [3.63, 3.8) is 0 Å². The molecule has 0 unspecified atom stereocenters. The molecule has 1 aliphatic heterocycles. The molecule has 7 heteroatoms. The molecule has 1 fully saturated rings. The fourth-order valence-corrected chi connectivity index (χ4v) is 3.89. The van der Waals surface area contributed by atoms with Crippen LogP contribution in [0.3, 0.4) is 0 Å². The lowest BCUT2D eigenvalue weighted by molar-refractivity contribution is -0.139. The largest absolute Gasteiger partial charge is 0.378 e. The molecule has 31 heavy (non-hydrogen) atoms. The van der Waals surface area contributed by atoms with Crippen LogP contribution in [0.15, 0.2) is 54.6 Å². The van der Waals surface area contributed by atoms with Crippen molar-refractivity contribution in [3.8, 4) is 0 Å². The van der Waals surface area contributed by atoms with Gasteiger partial charge in [-0.15, -0.1) is 0 Å². The number of nitrogens with zero attached hydrogens (tertiary/aromatic N) is 3. The lowest BCUT2D eigenvalue weighted by Gasteiger charge is -2.27. The Morgan fingerprint density at radius 3 is 2.23 bits per heavy atom. The van der Waals surface area contributed by atoms with Crippen LogP contribution in [0, 0.1) is 0 Å². The highest BCUT2D eigenvalue weighted by Crippen LogP contribution is 2.33. The molecule has 0 radical (unpaired) electrons. The Morgan fingerprint density at radius 2 is 1.65 bits per heavy atom. The smallest absolute Gasteiger partial charge is 0.325 e. The summed E-state index contributed by atoms with van der Waals surface area (Å²) in [6.07, 6.45) is 1.19. The first-order chi connectivity index (χ1) is 14.8. The number of hydrogen-bond donors (Lipinski definition) is 1. The van der Waals surface area contributed by atoms with E-state index in [2.05, 4.69) is 5.32 Å². The number of amides is 4. The average Bonchev–Trinajstić information content (AvgIpc) is 3.00. The quantitative estimate of drug-likeness (QED) is 0.664. The van der Waals surface area contributed by atoms with E-state index >= 15 is 0 Å². The number of benzene rings is 2. The second-order valence-corrected chi connectivity index (χ2v) is 8.15. The van der Waals surface area contributed by atoms with Gasteiger partial charge in [0.2, 0.25) is 5.91 Å². The van der Waals surface area contributed by atoms with Crippen LogP contribution in [-0.4, -0.2) is 55.3 Å². The van der Waals surface area contributed by atoms with Crippen LogP contribution in [0.25, 0.3) is 0 Å². The maximum Gasteiger partial charge on any atom is 0.325 e. The van der Waals surface area contributed by atoms with Crippen LogP contribution < -0.4 is 10.2 Å². The van der Waals surface area contributed by atoms with Gasteiger partial charge < -0.3 is 15.1 Å². The summed E-state index contributed by atoms with van der Waals surface area (Å²) in [4.78, 5) is 43.4. The molecule has 7 nitrogen and oxygen atoms in total. The van der Waals surface area contributed by atoms with Crippen molar-refractivity contribution in [2.24, 2.45) is 0 Å². The minimum Gasteiger partial charge on any atom is -0.378 e. The Morgan fingerprint density at radius 1 is 1.00 bits per heavy atom. The Kier molecular flexibility index (Phi) is 6.63. The van der Waals surface area contributed by atoms with Crippen LogP contribution in [0.4, 0.5) is 10.5 Å². The summed E-state index contributed by atoms with van der Waals surface area (Å²) >= 11 is 0. The maximum absolute atomic E-state index is 13.3. The van der Waals surface area contributed by atoms with Crippen LogP contribution >= 0.6 is 0 Å². The number of urea groups is 1. The van der Waals surface area contributed by atoms with Crippen molar-refractivity contribution in [2.45, 2.75) is 31.8 Å². The number of likely N-dealkylation sites (N-methyl/N-ethyl adjacent to an activating group) is 1. The fraction of sp³-hybridized carbons (Fsp3) is 0.375. The van der Waals surface area contributed by atoms with Crippen LogP contribution in [0.2, 0.25) is 0 Å². The summed E-state index contributed by atoms with van der Waals surface area (Å²) in [5, 5.41) is 2.86. The van der Waals surface area contributed by atoms with E-state index in [1.165, 1.54) is 4.90 Å². The second kappa shape index (κ2) is 9.20. The molecule has 1 aliphatic rings. The van der Waals surface area contributed by atoms with Crippen molar-refractivity contribution in [2.75, 3.05) is 32.6 Å². The van der Waals surface area contributed by atoms with E-state index in [1.54, 1.807) is 7.05 Å². The molecule has 1 atom stereocenters. The molecule has 1 saturated heterocycles. The highest BCUT2D eigenvalue weighted by atomic mass is 16.2. The van der Waals surface area contributed by atoms with Crippen LogP contribution in [-0.2, 0) is 21.7 Å². The van der Waals surface area contributed by atoms with E-state index in [-0.39, 0.29) is 18.4 Å². The second-order valence-electron chi connectivity index (χ2n) is 8.15. The lowest BCUT2D eigenvalue weighted by atomic mass is 9.85. The zero-order chi connectivity index (χ0) is 22.6. The molecule has 3 rings (SSSR count). The first-order valence-corrected chi connectivity index (χ1v) is 10.5. The van der Waals surface area contributed by atoms with E-state index in [0.29, 0.717) is 19.4 Å². The van der Waals surface area contributed by atoms with E-state index in [4.69, 9.17) is 0 Å².